The summed E-state index contributed by atoms with van der Waals surface area (Å²) in [6.45, 7) is 2.04. The third-order valence-corrected chi connectivity index (χ3v) is 6.24. The van der Waals surface area contributed by atoms with Crippen molar-refractivity contribution < 1.29 is 9.50 Å². The average molecular weight is 428 g/mol. The van der Waals surface area contributed by atoms with Crippen molar-refractivity contribution in [2.24, 2.45) is 0 Å². The molecule has 0 radical (unpaired) electrons. The van der Waals surface area contributed by atoms with Crippen LogP contribution in [-0.4, -0.2) is 43.3 Å². The van der Waals surface area contributed by atoms with Gasteiger partial charge >= 0.3 is 0 Å². The van der Waals surface area contributed by atoms with Crippen LogP contribution in [0.2, 0.25) is 0 Å². The van der Waals surface area contributed by atoms with Crippen molar-refractivity contribution in [2.45, 2.75) is 18.8 Å². The van der Waals surface area contributed by atoms with Crippen LogP contribution in [0.1, 0.15) is 24.3 Å². The number of phenols is 1. The number of piperidine rings is 1. The van der Waals surface area contributed by atoms with Crippen LogP contribution in [-0.2, 0) is 0 Å². The van der Waals surface area contributed by atoms with Gasteiger partial charge in [0.05, 0.1) is 11.4 Å². The fourth-order valence-electron chi connectivity index (χ4n) is 4.64. The quantitative estimate of drug-likeness (QED) is 0.339. The number of halogens is 1. The molecule has 0 amide bonds. The molecule has 5 aromatic rings. The number of nitrogens with zero attached hydrogens (tertiary/aromatic N) is 3. The Hall–Kier alpha value is -3.78. The number of rotatable bonds is 3. The summed E-state index contributed by atoms with van der Waals surface area (Å²) >= 11 is 0. The van der Waals surface area contributed by atoms with Crippen molar-refractivity contribution in [1.82, 2.24) is 30.5 Å². The molecule has 4 N–H and O–H groups in total. The SMILES string of the molecule is Oc1cc(F)cc(-c2ccnc3[nH]c(-c4[nH]nc5ncc(C6CCNCC6)cc45)cc23)c1. The van der Waals surface area contributed by atoms with Gasteiger partial charge in [0.1, 0.15) is 17.2 Å². The van der Waals surface area contributed by atoms with E-state index in [9.17, 15) is 9.50 Å². The van der Waals surface area contributed by atoms with Crippen molar-refractivity contribution in [3.8, 4) is 28.3 Å². The second-order valence-electron chi connectivity index (χ2n) is 8.26. The van der Waals surface area contributed by atoms with Gasteiger partial charge in [-0.15, -0.1) is 0 Å². The second kappa shape index (κ2) is 7.42. The van der Waals surface area contributed by atoms with E-state index in [0.717, 1.165) is 59.7 Å². The van der Waals surface area contributed by atoms with Gasteiger partial charge in [0, 0.05) is 29.2 Å². The molecule has 4 aromatic heterocycles. The molecule has 160 valence electrons. The number of benzene rings is 1. The average Bonchev–Trinajstić information content (AvgIpc) is 3.42. The molecular weight excluding hydrogens is 407 g/mol. The normalized spacial score (nSPS) is 15.0. The van der Waals surface area contributed by atoms with Gasteiger partial charge in [0.2, 0.25) is 0 Å². The monoisotopic (exact) mass is 428 g/mol. The minimum atomic E-state index is -0.489. The molecule has 1 saturated heterocycles. The Morgan fingerprint density at radius 1 is 1.00 bits per heavy atom. The highest BCUT2D eigenvalue weighted by Gasteiger charge is 2.19. The van der Waals surface area contributed by atoms with Gasteiger partial charge in [-0.05, 0) is 78.9 Å². The van der Waals surface area contributed by atoms with Crippen LogP contribution in [0.3, 0.4) is 0 Å². The number of hydrogen-bond donors (Lipinski definition) is 4. The molecule has 0 aliphatic carbocycles. The van der Waals surface area contributed by atoms with E-state index in [1.807, 2.05) is 18.3 Å². The van der Waals surface area contributed by atoms with E-state index in [-0.39, 0.29) is 5.75 Å². The highest BCUT2D eigenvalue weighted by molar-refractivity contribution is 5.99. The summed E-state index contributed by atoms with van der Waals surface area (Å²) in [6.07, 6.45) is 5.80. The predicted molar refractivity (Wildman–Crippen MR) is 121 cm³/mol. The topological polar surface area (TPSA) is 103 Å². The summed E-state index contributed by atoms with van der Waals surface area (Å²) in [5.74, 6) is -0.110. The van der Waals surface area contributed by atoms with E-state index >= 15 is 0 Å². The van der Waals surface area contributed by atoms with E-state index in [1.165, 1.54) is 11.6 Å². The molecule has 1 aromatic carbocycles. The third kappa shape index (κ3) is 3.20. The lowest BCUT2D eigenvalue weighted by Crippen LogP contribution is -2.26. The van der Waals surface area contributed by atoms with Crippen LogP contribution in [0.25, 0.3) is 44.6 Å². The highest BCUT2D eigenvalue weighted by atomic mass is 19.1. The fraction of sp³-hybridized carbons (Fsp3) is 0.208. The zero-order valence-electron chi connectivity index (χ0n) is 17.2. The molecule has 1 fully saturated rings. The Labute approximate surface area is 182 Å². The van der Waals surface area contributed by atoms with Gasteiger partial charge in [0.15, 0.2) is 5.65 Å². The number of phenolic OH excluding ortho intramolecular Hbond substituents is 1. The summed E-state index contributed by atoms with van der Waals surface area (Å²) in [5.41, 5.74) is 5.61. The molecule has 8 heteroatoms. The minimum Gasteiger partial charge on any atom is -0.508 e. The lowest BCUT2D eigenvalue weighted by atomic mass is 9.91. The first kappa shape index (κ1) is 18.9. The first-order valence-corrected chi connectivity index (χ1v) is 10.7. The number of aromatic nitrogens is 5. The van der Waals surface area contributed by atoms with Crippen LogP contribution < -0.4 is 5.32 Å². The number of aromatic hydroxyl groups is 1. The smallest absolute Gasteiger partial charge is 0.181 e. The minimum absolute atomic E-state index is 0.114. The molecule has 0 saturated carbocycles. The van der Waals surface area contributed by atoms with Crippen LogP contribution >= 0.6 is 0 Å². The van der Waals surface area contributed by atoms with Crippen LogP contribution in [0.4, 0.5) is 4.39 Å². The number of pyridine rings is 2. The summed E-state index contributed by atoms with van der Waals surface area (Å²) in [6, 6.07) is 10.0. The molecule has 7 nitrogen and oxygen atoms in total. The molecule has 1 aliphatic heterocycles. The second-order valence-corrected chi connectivity index (χ2v) is 8.26. The molecule has 0 atom stereocenters. The molecule has 32 heavy (non-hydrogen) atoms. The number of H-pyrrole nitrogens is 2. The molecular formula is C24H21FN6O. The summed E-state index contributed by atoms with van der Waals surface area (Å²) in [5, 5.41) is 22.5. The van der Waals surface area contributed by atoms with Crippen molar-refractivity contribution >= 4 is 22.1 Å². The Bertz CT molecular complexity index is 1430. The fourth-order valence-corrected chi connectivity index (χ4v) is 4.64. The summed E-state index contributed by atoms with van der Waals surface area (Å²) in [4.78, 5) is 12.4. The number of aromatic amines is 2. The lowest BCUT2D eigenvalue weighted by Gasteiger charge is -2.22. The van der Waals surface area contributed by atoms with Gasteiger partial charge in [-0.25, -0.2) is 14.4 Å². The predicted octanol–water partition coefficient (Wildman–Crippen LogP) is 4.48. The highest BCUT2D eigenvalue weighted by Crippen LogP contribution is 2.35. The molecule has 1 aliphatic rings. The van der Waals surface area contributed by atoms with Gasteiger partial charge in [-0.1, -0.05) is 0 Å². The number of nitrogens with one attached hydrogen (secondary N) is 3. The van der Waals surface area contributed by atoms with E-state index < -0.39 is 5.82 Å². The zero-order chi connectivity index (χ0) is 21.7. The Kier molecular flexibility index (Phi) is 4.39. The van der Waals surface area contributed by atoms with Gasteiger partial charge in [-0.2, -0.15) is 5.10 Å². The van der Waals surface area contributed by atoms with Crippen molar-refractivity contribution in [2.75, 3.05) is 13.1 Å². The van der Waals surface area contributed by atoms with E-state index in [1.54, 1.807) is 12.3 Å². The van der Waals surface area contributed by atoms with Crippen LogP contribution in [0, 0.1) is 5.82 Å². The third-order valence-electron chi connectivity index (χ3n) is 6.24. The molecule has 6 rings (SSSR count). The van der Waals surface area contributed by atoms with E-state index in [2.05, 4.69) is 36.5 Å². The van der Waals surface area contributed by atoms with Crippen molar-refractivity contribution in [1.29, 1.82) is 0 Å². The van der Waals surface area contributed by atoms with Gasteiger partial charge < -0.3 is 15.4 Å². The maximum atomic E-state index is 13.9. The van der Waals surface area contributed by atoms with Crippen molar-refractivity contribution in [3.05, 3.63) is 60.2 Å². The van der Waals surface area contributed by atoms with Crippen LogP contribution in [0.5, 0.6) is 5.75 Å². The Balaban J connectivity index is 1.47. The number of hydrogen-bond acceptors (Lipinski definition) is 5. The molecule has 5 heterocycles. The Morgan fingerprint density at radius 2 is 1.88 bits per heavy atom. The standard InChI is InChI=1S/C24H21FN6O/c25-16-7-14(8-17(32)10-16)18-3-6-27-23-19(18)11-21(29-23)22-20-9-15(12-28-24(20)31-30-22)13-1-4-26-5-2-13/h3,6-13,26,32H,1-2,4-5H2,(H,27,29)(H,28,30,31). The molecule has 0 unspecified atom stereocenters. The van der Waals surface area contributed by atoms with Gasteiger partial charge in [0.25, 0.3) is 0 Å². The molecule has 0 spiro atoms. The summed E-state index contributed by atoms with van der Waals surface area (Å²) < 4.78 is 13.9. The number of fused-ring (bicyclic) bond motifs is 2. The summed E-state index contributed by atoms with van der Waals surface area (Å²) in [7, 11) is 0. The van der Waals surface area contributed by atoms with Crippen molar-refractivity contribution in [3.63, 3.8) is 0 Å². The first-order chi connectivity index (χ1) is 15.7. The largest absolute Gasteiger partial charge is 0.508 e. The zero-order valence-corrected chi connectivity index (χ0v) is 17.2. The van der Waals surface area contributed by atoms with E-state index in [4.69, 9.17) is 0 Å². The van der Waals surface area contributed by atoms with Crippen LogP contribution in [0.15, 0.2) is 48.8 Å². The van der Waals surface area contributed by atoms with Gasteiger partial charge in [-0.3, -0.25) is 5.10 Å². The van der Waals surface area contributed by atoms with E-state index in [0.29, 0.717) is 22.8 Å². The first-order valence-electron chi connectivity index (χ1n) is 10.7. The maximum Gasteiger partial charge on any atom is 0.181 e. The Morgan fingerprint density at radius 3 is 2.72 bits per heavy atom. The molecule has 0 bridgehead atoms. The maximum absolute atomic E-state index is 13.9. The lowest BCUT2D eigenvalue weighted by molar-refractivity contribution is 0.460.